The third-order valence-corrected chi connectivity index (χ3v) is 15.3. The predicted octanol–water partition coefficient (Wildman–Crippen LogP) is 8.47. The number of aliphatic hydroxyl groups is 2. The summed E-state index contributed by atoms with van der Waals surface area (Å²) in [4.78, 5) is 12.8. The van der Waals surface area contributed by atoms with Crippen molar-refractivity contribution in [3.05, 3.63) is 29.3 Å². The van der Waals surface area contributed by atoms with Crippen molar-refractivity contribution in [1.82, 2.24) is 5.09 Å². The van der Waals surface area contributed by atoms with Gasteiger partial charge in [0.1, 0.15) is 12.4 Å². The molecule has 0 bridgehead atoms. The van der Waals surface area contributed by atoms with Gasteiger partial charge in [0.05, 0.1) is 31.0 Å². The Morgan fingerprint density at radius 1 is 1.04 bits per heavy atom. The average molecular weight is 710 g/mol. The Balaban J connectivity index is 1.26. The summed E-state index contributed by atoms with van der Waals surface area (Å²) in [6, 6.07) is 5.86. The van der Waals surface area contributed by atoms with Crippen LogP contribution in [0.25, 0.3) is 0 Å². The number of aliphatic hydroxyl groups excluding tert-OH is 2. The van der Waals surface area contributed by atoms with E-state index in [0.717, 1.165) is 51.4 Å². The van der Waals surface area contributed by atoms with Crippen molar-refractivity contribution in [3.8, 4) is 5.75 Å². The smallest absolute Gasteiger partial charge is 0.413 e. The van der Waals surface area contributed by atoms with Crippen molar-refractivity contribution >= 4 is 25.1 Å². The monoisotopic (exact) mass is 709 g/mol. The number of halogens is 1. The molecule has 0 spiro atoms. The Bertz CT molecular complexity index is 1310. The van der Waals surface area contributed by atoms with E-state index in [-0.39, 0.29) is 54.1 Å². The van der Waals surface area contributed by atoms with E-state index in [0.29, 0.717) is 52.7 Å². The zero-order valence-corrected chi connectivity index (χ0v) is 31.8. The second kappa shape index (κ2) is 15.3. The fraction of sp³-hybridized carbons (Fsp3) is 0.816. The molecule has 1 aromatic rings. The van der Waals surface area contributed by atoms with Gasteiger partial charge in [0.15, 0.2) is 5.78 Å². The van der Waals surface area contributed by atoms with E-state index in [4.69, 9.17) is 25.4 Å². The minimum atomic E-state index is -3.95. The number of carbonyl (C=O) groups is 1. The van der Waals surface area contributed by atoms with Crippen LogP contribution in [-0.4, -0.2) is 53.6 Å². The molecular formula is C38H61ClNO7P. The second-order valence-electron chi connectivity index (χ2n) is 16.4. The summed E-state index contributed by atoms with van der Waals surface area (Å²) in [6.45, 7) is 14.9. The molecule has 48 heavy (non-hydrogen) atoms. The molecule has 4 aliphatic rings. The molecule has 0 saturated heterocycles. The molecule has 8 nitrogen and oxygen atoms in total. The van der Waals surface area contributed by atoms with Crippen LogP contribution in [0.4, 0.5) is 0 Å². The summed E-state index contributed by atoms with van der Waals surface area (Å²) in [5, 5.41) is 25.9. The summed E-state index contributed by atoms with van der Waals surface area (Å²) in [5.41, 5.74) is 0.299. The van der Waals surface area contributed by atoms with Gasteiger partial charge in [0.2, 0.25) is 0 Å². The third kappa shape index (κ3) is 7.76. The van der Waals surface area contributed by atoms with Crippen LogP contribution in [0.2, 0.25) is 5.02 Å². The molecule has 5 unspecified atom stereocenters. The highest BCUT2D eigenvalue weighted by Crippen LogP contribution is 2.69. The van der Waals surface area contributed by atoms with E-state index < -0.39 is 13.8 Å². The molecule has 0 aliphatic heterocycles. The molecule has 0 amide bonds. The number of Topliss-reactive ketones (excluding diaryl/α,β-unsaturated/α-hetero) is 1. The lowest BCUT2D eigenvalue weighted by Gasteiger charge is -2.64. The van der Waals surface area contributed by atoms with Gasteiger partial charge in [-0.1, -0.05) is 51.8 Å². The summed E-state index contributed by atoms with van der Waals surface area (Å²) in [6.07, 6.45) is 8.29. The standard InChI is InChI=1S/C38H61ClNO7P/c1-8-29-33-21-27(41)14-17-38(33,7)32-15-18-37(6)30(12-13-31(37)35(32)36(29)43)24(4)16-19-46-48(44,47-28-11-9-10-26(39)20-28)40-25(5)34(42)22-45-23(2)3/h9-11,20,23-25,27,29-33,35-36,41,43H,8,12-19,21-22H2,1-7H3,(H,40,44)/t24-,25+,27-,29-,30-,31?,32?,33?,35?,36?,37-,38-,48-/m1/s1. The molecular weight excluding hydrogens is 649 g/mol. The van der Waals surface area contributed by atoms with Crippen LogP contribution in [-0.2, 0) is 18.6 Å². The third-order valence-electron chi connectivity index (χ3n) is 13.4. The molecule has 1 aromatic carbocycles. The highest BCUT2D eigenvalue weighted by Gasteiger charge is 2.64. The number of ether oxygens (including phenoxy) is 1. The summed E-state index contributed by atoms with van der Waals surface area (Å²) in [7, 11) is -3.95. The number of carbonyl (C=O) groups excluding carboxylic acids is 1. The minimum Gasteiger partial charge on any atom is -0.413 e. The number of hydrogen-bond acceptors (Lipinski definition) is 7. The van der Waals surface area contributed by atoms with Crippen molar-refractivity contribution in [2.45, 2.75) is 131 Å². The number of fused-ring (bicyclic) bond motifs is 5. The first-order valence-electron chi connectivity index (χ1n) is 18.6. The average Bonchev–Trinajstić information content (AvgIpc) is 3.38. The summed E-state index contributed by atoms with van der Waals surface area (Å²) < 4.78 is 31.6. The molecule has 4 fully saturated rings. The first kappa shape index (κ1) is 38.2. The van der Waals surface area contributed by atoms with Crippen LogP contribution >= 0.6 is 19.3 Å². The van der Waals surface area contributed by atoms with Gasteiger partial charge in [0, 0.05) is 5.02 Å². The molecule has 272 valence electrons. The van der Waals surface area contributed by atoms with Gasteiger partial charge in [-0.25, -0.2) is 9.65 Å². The number of nitrogens with one attached hydrogen (secondary N) is 1. The lowest BCUT2D eigenvalue weighted by Crippen LogP contribution is -2.62. The molecule has 0 heterocycles. The van der Waals surface area contributed by atoms with Gasteiger partial charge in [-0.2, -0.15) is 0 Å². The maximum absolute atomic E-state index is 14.1. The van der Waals surface area contributed by atoms with Crippen LogP contribution in [0.1, 0.15) is 106 Å². The molecule has 0 aromatic heterocycles. The second-order valence-corrected chi connectivity index (χ2v) is 18.6. The van der Waals surface area contributed by atoms with Crippen LogP contribution in [0.3, 0.4) is 0 Å². The Hall–Kier alpha value is -0.990. The van der Waals surface area contributed by atoms with Gasteiger partial charge in [-0.3, -0.25) is 9.32 Å². The van der Waals surface area contributed by atoms with Crippen LogP contribution < -0.4 is 9.61 Å². The van der Waals surface area contributed by atoms with Crippen LogP contribution in [0, 0.1) is 52.3 Å². The Labute approximate surface area is 294 Å². The number of rotatable bonds is 14. The fourth-order valence-electron chi connectivity index (χ4n) is 10.9. The fourth-order valence-corrected chi connectivity index (χ4v) is 12.6. The largest absolute Gasteiger partial charge is 0.459 e. The van der Waals surface area contributed by atoms with E-state index in [1.165, 1.54) is 0 Å². The number of benzene rings is 1. The molecule has 4 saturated carbocycles. The highest BCUT2D eigenvalue weighted by atomic mass is 35.5. The minimum absolute atomic E-state index is 0.0984. The van der Waals surface area contributed by atoms with Crippen molar-refractivity contribution in [2.24, 2.45) is 52.3 Å². The van der Waals surface area contributed by atoms with E-state index in [1.807, 2.05) is 13.8 Å². The quantitative estimate of drug-likeness (QED) is 0.165. The highest BCUT2D eigenvalue weighted by molar-refractivity contribution is 7.52. The Kier molecular flexibility index (Phi) is 12.2. The molecule has 5 rings (SSSR count). The van der Waals surface area contributed by atoms with E-state index >= 15 is 0 Å². The van der Waals surface area contributed by atoms with Gasteiger partial charge < -0.3 is 19.5 Å². The lowest BCUT2D eigenvalue weighted by molar-refractivity contribution is -0.203. The van der Waals surface area contributed by atoms with Crippen molar-refractivity contribution in [1.29, 1.82) is 0 Å². The van der Waals surface area contributed by atoms with Crippen LogP contribution in [0.5, 0.6) is 5.75 Å². The van der Waals surface area contributed by atoms with E-state index in [2.05, 4.69) is 32.8 Å². The first-order chi connectivity index (χ1) is 22.6. The van der Waals surface area contributed by atoms with Crippen molar-refractivity contribution in [3.63, 3.8) is 0 Å². The number of ketones is 1. The Morgan fingerprint density at radius 3 is 2.44 bits per heavy atom. The molecule has 3 N–H and O–H groups in total. The topological polar surface area (TPSA) is 114 Å². The summed E-state index contributed by atoms with van der Waals surface area (Å²) in [5.74, 6) is 2.73. The van der Waals surface area contributed by atoms with Gasteiger partial charge in [-0.15, -0.1) is 0 Å². The van der Waals surface area contributed by atoms with Crippen LogP contribution in [0.15, 0.2) is 24.3 Å². The van der Waals surface area contributed by atoms with E-state index in [9.17, 15) is 19.6 Å². The normalized spacial score (nSPS) is 38.7. The zero-order valence-electron chi connectivity index (χ0n) is 30.2. The number of hydrogen-bond donors (Lipinski definition) is 3. The van der Waals surface area contributed by atoms with Gasteiger partial charge in [-0.05, 0) is 143 Å². The lowest BCUT2D eigenvalue weighted by atomic mass is 9.41. The predicted molar refractivity (Wildman–Crippen MR) is 190 cm³/mol. The maximum Gasteiger partial charge on any atom is 0.459 e. The summed E-state index contributed by atoms with van der Waals surface area (Å²) >= 11 is 6.18. The molecule has 0 radical (unpaired) electrons. The maximum atomic E-state index is 14.1. The molecule has 10 heteroatoms. The molecule has 13 atom stereocenters. The Morgan fingerprint density at radius 2 is 1.75 bits per heavy atom. The van der Waals surface area contributed by atoms with E-state index in [1.54, 1.807) is 31.2 Å². The van der Waals surface area contributed by atoms with Crippen molar-refractivity contribution < 1.29 is 33.4 Å². The van der Waals surface area contributed by atoms with Gasteiger partial charge >= 0.3 is 7.75 Å². The zero-order chi connectivity index (χ0) is 35.0. The van der Waals surface area contributed by atoms with Crippen molar-refractivity contribution in [2.75, 3.05) is 13.2 Å². The first-order valence-corrected chi connectivity index (χ1v) is 20.5. The SMILES string of the molecule is CC[C@H]1C(O)C2C(CC[C@@]3(C)C2CC[C@@H]3[C@H](C)CCO[P@](=O)(N[C@@H](C)C(=O)COC(C)C)Oc2cccc(Cl)c2)[C@@]2(C)CC[C@@H](O)CC12. The molecule has 4 aliphatic carbocycles. The van der Waals surface area contributed by atoms with Gasteiger partial charge in [0.25, 0.3) is 0 Å².